The van der Waals surface area contributed by atoms with Crippen LogP contribution in [0.25, 0.3) is 6.08 Å². The van der Waals surface area contributed by atoms with Crippen LogP contribution < -0.4 is 20.5 Å². The van der Waals surface area contributed by atoms with Gasteiger partial charge in [-0.05, 0) is 36.8 Å². The van der Waals surface area contributed by atoms with Crippen molar-refractivity contribution in [3.8, 4) is 11.5 Å². The monoisotopic (exact) mass is 386 g/mol. The zero-order valence-corrected chi connectivity index (χ0v) is 16.0. The average Bonchev–Trinajstić information content (AvgIpc) is 2.66. The van der Waals surface area contributed by atoms with E-state index in [0.717, 1.165) is 10.5 Å². The number of hydrogen-bond acceptors (Lipinski definition) is 5. The Bertz CT molecular complexity index is 836. The van der Waals surface area contributed by atoms with E-state index < -0.39 is 5.91 Å². The van der Waals surface area contributed by atoms with Crippen molar-refractivity contribution in [3.63, 3.8) is 0 Å². The van der Waals surface area contributed by atoms with Gasteiger partial charge in [-0.15, -0.1) is 11.8 Å². The molecule has 3 N–H and O–H groups in total. The standard InChI is InChI=1S/C20H22N2O4S/c1-3-6-14-9-10-16(17(11-14)25-2)26-12-20(24)22-15-7-4-5-8-18(15)27-13-19(21)23/h3-11H,12-13H2,1-2H3,(H2,21,23)(H,22,24)/b6-3+. The number of primary amides is 1. The van der Waals surface area contributed by atoms with Gasteiger partial charge in [0.05, 0.1) is 18.6 Å². The Kier molecular flexibility index (Phi) is 7.76. The van der Waals surface area contributed by atoms with E-state index in [0.29, 0.717) is 17.2 Å². The van der Waals surface area contributed by atoms with Gasteiger partial charge in [0, 0.05) is 4.90 Å². The summed E-state index contributed by atoms with van der Waals surface area (Å²) in [5, 5.41) is 2.78. The normalized spacial score (nSPS) is 10.6. The van der Waals surface area contributed by atoms with Crippen molar-refractivity contribution in [3.05, 3.63) is 54.1 Å². The third-order valence-corrected chi connectivity index (χ3v) is 4.53. The molecule has 0 aliphatic carbocycles. The molecular weight excluding hydrogens is 364 g/mol. The van der Waals surface area contributed by atoms with E-state index in [2.05, 4.69) is 5.32 Å². The average molecular weight is 386 g/mol. The van der Waals surface area contributed by atoms with Gasteiger partial charge in [-0.25, -0.2) is 0 Å². The lowest BCUT2D eigenvalue weighted by Crippen LogP contribution is -2.21. The van der Waals surface area contributed by atoms with Crippen LogP contribution in [0.4, 0.5) is 5.69 Å². The summed E-state index contributed by atoms with van der Waals surface area (Å²) in [7, 11) is 1.55. The first kappa shape index (κ1) is 20.4. The summed E-state index contributed by atoms with van der Waals surface area (Å²) in [4.78, 5) is 24.0. The lowest BCUT2D eigenvalue weighted by Gasteiger charge is -2.13. The molecule has 0 saturated heterocycles. The maximum Gasteiger partial charge on any atom is 0.262 e. The molecule has 0 heterocycles. The smallest absolute Gasteiger partial charge is 0.262 e. The number of carbonyl (C=O) groups is 2. The fourth-order valence-electron chi connectivity index (χ4n) is 2.27. The van der Waals surface area contributed by atoms with Crippen LogP contribution in [0, 0.1) is 0 Å². The number of carbonyl (C=O) groups excluding carboxylic acids is 2. The zero-order valence-electron chi connectivity index (χ0n) is 15.2. The number of benzene rings is 2. The molecule has 2 amide bonds. The van der Waals surface area contributed by atoms with E-state index in [1.165, 1.54) is 11.8 Å². The highest BCUT2D eigenvalue weighted by atomic mass is 32.2. The number of amides is 2. The third-order valence-electron chi connectivity index (χ3n) is 3.44. The quantitative estimate of drug-likeness (QED) is 0.645. The Morgan fingerprint density at radius 1 is 1.19 bits per heavy atom. The van der Waals surface area contributed by atoms with Gasteiger partial charge in [-0.1, -0.05) is 30.4 Å². The minimum atomic E-state index is -0.419. The number of allylic oxidation sites excluding steroid dienone is 1. The second kappa shape index (κ2) is 10.3. The van der Waals surface area contributed by atoms with Gasteiger partial charge in [-0.3, -0.25) is 9.59 Å². The van der Waals surface area contributed by atoms with E-state index >= 15 is 0 Å². The fourth-order valence-corrected chi connectivity index (χ4v) is 3.02. The minimum Gasteiger partial charge on any atom is -0.493 e. The molecule has 0 radical (unpaired) electrons. The van der Waals surface area contributed by atoms with Crippen molar-refractivity contribution in [2.24, 2.45) is 5.73 Å². The highest BCUT2D eigenvalue weighted by Gasteiger charge is 2.11. The largest absolute Gasteiger partial charge is 0.493 e. The lowest BCUT2D eigenvalue weighted by atomic mass is 10.2. The summed E-state index contributed by atoms with van der Waals surface area (Å²) in [6, 6.07) is 12.7. The lowest BCUT2D eigenvalue weighted by molar-refractivity contribution is -0.118. The maximum atomic E-state index is 12.3. The van der Waals surface area contributed by atoms with Gasteiger partial charge in [0.25, 0.3) is 5.91 Å². The summed E-state index contributed by atoms with van der Waals surface area (Å²) < 4.78 is 10.9. The van der Waals surface area contributed by atoms with Crippen molar-refractivity contribution in [1.82, 2.24) is 0 Å². The summed E-state index contributed by atoms with van der Waals surface area (Å²) in [6.07, 6.45) is 3.87. The van der Waals surface area contributed by atoms with Crippen LogP contribution in [0.5, 0.6) is 11.5 Å². The molecule has 0 unspecified atom stereocenters. The number of methoxy groups -OCH3 is 1. The summed E-state index contributed by atoms with van der Waals surface area (Å²) in [5.74, 6) is 0.437. The van der Waals surface area contributed by atoms with Crippen LogP contribution in [0.15, 0.2) is 53.4 Å². The molecule has 7 heteroatoms. The first-order valence-electron chi connectivity index (χ1n) is 8.27. The number of nitrogens with one attached hydrogen (secondary N) is 1. The summed E-state index contributed by atoms with van der Waals surface area (Å²) in [6.45, 7) is 1.76. The second-order valence-corrected chi connectivity index (χ2v) is 6.52. The Morgan fingerprint density at radius 3 is 2.67 bits per heavy atom. The van der Waals surface area contributed by atoms with Crippen LogP contribution in [0.3, 0.4) is 0 Å². The number of para-hydroxylation sites is 1. The molecule has 0 aliphatic heterocycles. The molecule has 27 heavy (non-hydrogen) atoms. The SMILES string of the molecule is C/C=C/c1ccc(OCC(=O)Nc2ccccc2SCC(N)=O)c(OC)c1. The van der Waals surface area contributed by atoms with Gasteiger partial charge in [-0.2, -0.15) is 0 Å². The molecule has 0 aliphatic rings. The van der Waals surface area contributed by atoms with Crippen molar-refractivity contribution in [2.45, 2.75) is 11.8 Å². The molecule has 2 rings (SSSR count). The van der Waals surface area contributed by atoms with E-state index in [4.69, 9.17) is 15.2 Å². The Morgan fingerprint density at radius 2 is 1.96 bits per heavy atom. The molecule has 142 valence electrons. The number of thioether (sulfide) groups is 1. The highest BCUT2D eigenvalue weighted by Crippen LogP contribution is 2.29. The van der Waals surface area contributed by atoms with E-state index in [-0.39, 0.29) is 18.3 Å². The van der Waals surface area contributed by atoms with Gasteiger partial charge in [0.2, 0.25) is 5.91 Å². The first-order chi connectivity index (χ1) is 13.0. The first-order valence-corrected chi connectivity index (χ1v) is 9.25. The van der Waals surface area contributed by atoms with E-state index in [1.54, 1.807) is 25.3 Å². The fraction of sp³-hybridized carbons (Fsp3) is 0.200. The molecule has 6 nitrogen and oxygen atoms in total. The van der Waals surface area contributed by atoms with E-state index in [9.17, 15) is 9.59 Å². The number of nitrogens with two attached hydrogens (primary N) is 1. The zero-order chi connectivity index (χ0) is 19.6. The molecular formula is C20H22N2O4S. The molecule has 0 spiro atoms. The molecule has 2 aromatic carbocycles. The maximum absolute atomic E-state index is 12.3. The Balaban J connectivity index is 2.00. The molecule has 2 aromatic rings. The highest BCUT2D eigenvalue weighted by molar-refractivity contribution is 8.00. The van der Waals surface area contributed by atoms with Crippen molar-refractivity contribution in [1.29, 1.82) is 0 Å². The number of ether oxygens (including phenoxy) is 2. The second-order valence-electron chi connectivity index (χ2n) is 5.50. The predicted molar refractivity (Wildman–Crippen MR) is 108 cm³/mol. The Labute approximate surface area is 162 Å². The van der Waals surface area contributed by atoms with Crippen molar-refractivity contribution in [2.75, 3.05) is 24.8 Å². The summed E-state index contributed by atoms with van der Waals surface area (Å²) in [5.41, 5.74) is 6.76. The number of rotatable bonds is 9. The Hall–Kier alpha value is -2.93. The number of hydrogen-bond donors (Lipinski definition) is 2. The van der Waals surface area contributed by atoms with Crippen LogP contribution in [0.2, 0.25) is 0 Å². The van der Waals surface area contributed by atoms with Crippen LogP contribution in [-0.2, 0) is 9.59 Å². The van der Waals surface area contributed by atoms with Crippen LogP contribution in [-0.4, -0.2) is 31.3 Å². The summed E-state index contributed by atoms with van der Waals surface area (Å²) >= 11 is 1.27. The molecule has 0 fully saturated rings. The van der Waals surface area contributed by atoms with Gasteiger partial charge in [0.1, 0.15) is 0 Å². The van der Waals surface area contributed by atoms with Gasteiger partial charge in [0.15, 0.2) is 18.1 Å². The van der Waals surface area contributed by atoms with Crippen molar-refractivity contribution < 1.29 is 19.1 Å². The van der Waals surface area contributed by atoms with Gasteiger partial charge >= 0.3 is 0 Å². The van der Waals surface area contributed by atoms with Gasteiger partial charge < -0.3 is 20.5 Å². The molecule has 0 atom stereocenters. The number of anilines is 1. The van der Waals surface area contributed by atoms with Crippen LogP contribution >= 0.6 is 11.8 Å². The van der Waals surface area contributed by atoms with Crippen molar-refractivity contribution >= 4 is 35.3 Å². The predicted octanol–water partition coefficient (Wildman–Crippen LogP) is 3.32. The minimum absolute atomic E-state index is 0.138. The van der Waals surface area contributed by atoms with Crippen LogP contribution in [0.1, 0.15) is 12.5 Å². The molecule has 0 aromatic heterocycles. The third kappa shape index (κ3) is 6.38. The molecule has 0 saturated carbocycles. The molecule has 0 bridgehead atoms. The van der Waals surface area contributed by atoms with E-state index in [1.807, 2.05) is 43.3 Å². The topological polar surface area (TPSA) is 90.6 Å².